The van der Waals surface area contributed by atoms with Crippen LogP contribution in [0.1, 0.15) is 43.8 Å². The Balaban J connectivity index is 0.00000441. The van der Waals surface area contributed by atoms with E-state index in [1.54, 1.807) is 13.8 Å². The Morgan fingerprint density at radius 2 is 1.95 bits per heavy atom. The van der Waals surface area contributed by atoms with Gasteiger partial charge in [-0.05, 0) is 26.2 Å². The van der Waals surface area contributed by atoms with Crippen LogP contribution in [0.2, 0.25) is 0 Å². The smallest absolute Gasteiger partial charge is 0.333 e. The van der Waals surface area contributed by atoms with E-state index in [2.05, 4.69) is 24.3 Å². The molecule has 0 aliphatic heterocycles. The normalized spacial score (nSPS) is 12.4. The molecule has 5 nitrogen and oxygen atoms in total. The first kappa shape index (κ1) is 20.8. The Morgan fingerprint density at radius 3 is 2.36 bits per heavy atom. The summed E-state index contributed by atoms with van der Waals surface area (Å²) in [6, 6.07) is -0.0942. The highest BCUT2D eigenvalue weighted by Gasteiger charge is 2.20. The molecule has 3 N–H and O–H groups in total. The number of nitrogens with two attached hydrogens (primary N) is 1. The topological polar surface area (TPSA) is 72.9 Å². The summed E-state index contributed by atoms with van der Waals surface area (Å²) in [6.07, 6.45) is 0.829. The maximum atomic E-state index is 12.8. The lowest BCUT2D eigenvalue weighted by atomic mass is 10.0. The Labute approximate surface area is 136 Å². The highest BCUT2D eigenvalue weighted by molar-refractivity contribution is 5.85. The third kappa shape index (κ3) is 5.53. The van der Waals surface area contributed by atoms with Crippen LogP contribution in [0.15, 0.2) is 0 Å². The number of rotatable bonds is 7. The predicted octanol–water partition coefficient (Wildman–Crippen LogP) is 2.35. The summed E-state index contributed by atoms with van der Waals surface area (Å²) in [5.74, 6) is 0.204. The zero-order valence-corrected chi connectivity index (χ0v) is 14.2. The molecule has 0 aromatic carbocycles. The maximum Gasteiger partial charge on any atom is 0.333 e. The minimum absolute atomic E-state index is 0. The van der Waals surface area contributed by atoms with E-state index in [1.807, 2.05) is 0 Å². The molecule has 1 aromatic heterocycles. The molecule has 0 spiro atoms. The first-order valence-corrected chi connectivity index (χ1v) is 7.08. The van der Waals surface area contributed by atoms with Crippen molar-refractivity contribution >= 4 is 18.3 Å². The summed E-state index contributed by atoms with van der Waals surface area (Å²) < 4.78 is 26.1. The van der Waals surface area contributed by atoms with Gasteiger partial charge in [0.2, 0.25) is 5.91 Å². The molecule has 8 heteroatoms. The van der Waals surface area contributed by atoms with Crippen molar-refractivity contribution in [3.8, 4) is 0 Å². The number of aryl methyl sites for hydroxylation is 1. The second-order valence-electron chi connectivity index (χ2n) is 5.68. The van der Waals surface area contributed by atoms with E-state index in [1.165, 1.54) is 0 Å². The number of hydrogen-bond donors (Lipinski definition) is 2. The van der Waals surface area contributed by atoms with Crippen molar-refractivity contribution < 1.29 is 13.6 Å². The summed E-state index contributed by atoms with van der Waals surface area (Å²) in [6.45, 7) is 4.94. The van der Waals surface area contributed by atoms with Gasteiger partial charge in [0, 0.05) is 23.8 Å². The van der Waals surface area contributed by atoms with E-state index < -0.39 is 6.55 Å². The van der Waals surface area contributed by atoms with Gasteiger partial charge in [-0.1, -0.05) is 13.8 Å². The molecule has 0 fully saturated rings. The number of alkyl halides is 2. The molecule has 1 heterocycles. The lowest BCUT2D eigenvalue weighted by Gasteiger charge is -2.18. The lowest BCUT2D eigenvalue weighted by Crippen LogP contribution is -2.41. The quantitative estimate of drug-likeness (QED) is 0.801. The van der Waals surface area contributed by atoms with Crippen molar-refractivity contribution in [3.05, 3.63) is 17.0 Å². The van der Waals surface area contributed by atoms with Crippen molar-refractivity contribution in [1.29, 1.82) is 0 Å². The lowest BCUT2D eigenvalue weighted by molar-refractivity contribution is -0.121. The monoisotopic (exact) mass is 338 g/mol. The fraction of sp³-hybridized carbons (Fsp3) is 0.714. The maximum absolute atomic E-state index is 12.8. The van der Waals surface area contributed by atoms with Crippen molar-refractivity contribution in [2.45, 2.75) is 53.1 Å². The van der Waals surface area contributed by atoms with Crippen LogP contribution in [0, 0.1) is 19.8 Å². The minimum Gasteiger partial charge on any atom is -0.352 e. The van der Waals surface area contributed by atoms with Gasteiger partial charge in [-0.2, -0.15) is 13.9 Å². The number of carbonyl (C=O) groups is 1. The number of amides is 1. The Morgan fingerprint density at radius 1 is 1.36 bits per heavy atom. The zero-order chi connectivity index (χ0) is 16.2. The minimum atomic E-state index is -2.70. The van der Waals surface area contributed by atoms with E-state index in [9.17, 15) is 13.6 Å². The van der Waals surface area contributed by atoms with Crippen LogP contribution in [0.5, 0.6) is 0 Å². The van der Waals surface area contributed by atoms with Gasteiger partial charge in [0.25, 0.3) is 0 Å². The van der Waals surface area contributed by atoms with E-state index in [0.717, 1.165) is 6.42 Å². The molecule has 0 bridgehead atoms. The summed E-state index contributed by atoms with van der Waals surface area (Å²) in [4.78, 5) is 12.1. The van der Waals surface area contributed by atoms with Gasteiger partial charge in [-0.15, -0.1) is 12.4 Å². The van der Waals surface area contributed by atoms with Crippen molar-refractivity contribution in [2.24, 2.45) is 11.7 Å². The molecule has 1 unspecified atom stereocenters. The van der Waals surface area contributed by atoms with Gasteiger partial charge >= 0.3 is 6.55 Å². The first-order chi connectivity index (χ1) is 9.76. The highest BCUT2D eigenvalue weighted by Crippen LogP contribution is 2.19. The summed E-state index contributed by atoms with van der Waals surface area (Å²) in [5, 5.41) is 6.62. The van der Waals surface area contributed by atoms with Gasteiger partial charge in [0.05, 0.1) is 12.1 Å². The molecule has 0 aliphatic carbocycles. The average molecular weight is 339 g/mol. The van der Waals surface area contributed by atoms with Gasteiger partial charge in [-0.25, -0.2) is 4.68 Å². The van der Waals surface area contributed by atoms with Gasteiger partial charge in [0.15, 0.2) is 0 Å². The Hall–Kier alpha value is -1.21. The second-order valence-corrected chi connectivity index (χ2v) is 5.68. The number of halogens is 3. The molecule has 0 saturated carbocycles. The summed E-state index contributed by atoms with van der Waals surface area (Å²) in [7, 11) is 0. The van der Waals surface area contributed by atoms with Crippen LogP contribution in [-0.2, 0) is 11.2 Å². The number of hydrogen-bond acceptors (Lipinski definition) is 3. The molecular formula is C14H25ClF2N4O. The molecule has 1 rings (SSSR count). The largest absolute Gasteiger partial charge is 0.352 e. The molecule has 1 amide bonds. The fourth-order valence-electron chi connectivity index (χ4n) is 2.37. The number of nitrogens with one attached hydrogen (secondary N) is 1. The van der Waals surface area contributed by atoms with Crippen molar-refractivity contribution in [3.63, 3.8) is 0 Å². The molecule has 1 atom stereocenters. The molecular weight excluding hydrogens is 314 g/mol. The van der Waals surface area contributed by atoms with Crippen LogP contribution in [0.25, 0.3) is 0 Å². The molecule has 0 radical (unpaired) electrons. The first-order valence-electron chi connectivity index (χ1n) is 7.08. The van der Waals surface area contributed by atoms with Crippen LogP contribution in [-0.4, -0.2) is 28.3 Å². The van der Waals surface area contributed by atoms with Gasteiger partial charge in [0.1, 0.15) is 0 Å². The number of aromatic nitrogens is 2. The standard InChI is InChI=1S/C14H24F2N4O.ClH/c1-8(2)5-11(7-17)18-13(21)6-12-9(3)19-20(10(12)4)14(15)16;/h8,11,14H,5-7,17H2,1-4H3,(H,18,21);1H. The summed E-state index contributed by atoms with van der Waals surface area (Å²) in [5.41, 5.74) is 6.96. The van der Waals surface area contributed by atoms with Crippen molar-refractivity contribution in [1.82, 2.24) is 15.1 Å². The molecule has 22 heavy (non-hydrogen) atoms. The second kappa shape index (κ2) is 9.05. The zero-order valence-electron chi connectivity index (χ0n) is 13.4. The van der Waals surface area contributed by atoms with Crippen LogP contribution in [0.4, 0.5) is 8.78 Å². The van der Waals surface area contributed by atoms with Crippen LogP contribution in [0.3, 0.4) is 0 Å². The van der Waals surface area contributed by atoms with E-state index in [-0.39, 0.29) is 30.8 Å². The fourth-order valence-corrected chi connectivity index (χ4v) is 2.37. The SMILES string of the molecule is Cc1nn(C(F)F)c(C)c1CC(=O)NC(CN)CC(C)C.Cl. The van der Waals surface area contributed by atoms with E-state index in [4.69, 9.17) is 5.73 Å². The molecule has 1 aromatic rings. The van der Waals surface area contributed by atoms with E-state index >= 15 is 0 Å². The Bertz CT molecular complexity index is 491. The highest BCUT2D eigenvalue weighted by atomic mass is 35.5. The van der Waals surface area contributed by atoms with E-state index in [0.29, 0.717) is 34.1 Å². The van der Waals surface area contributed by atoms with Crippen LogP contribution < -0.4 is 11.1 Å². The Kier molecular flexibility index (Phi) is 8.55. The average Bonchev–Trinajstić information content (AvgIpc) is 2.65. The molecule has 0 saturated heterocycles. The van der Waals surface area contributed by atoms with Crippen molar-refractivity contribution in [2.75, 3.05) is 6.54 Å². The van der Waals surface area contributed by atoms with Crippen LogP contribution >= 0.6 is 12.4 Å². The predicted molar refractivity (Wildman–Crippen MR) is 84.3 cm³/mol. The number of carbonyl (C=O) groups excluding carboxylic acids is 1. The third-order valence-electron chi connectivity index (χ3n) is 3.40. The molecule has 0 aliphatic rings. The third-order valence-corrected chi connectivity index (χ3v) is 3.40. The van der Waals surface area contributed by atoms with Gasteiger partial charge < -0.3 is 11.1 Å². The summed E-state index contributed by atoms with van der Waals surface area (Å²) >= 11 is 0. The molecule has 128 valence electrons. The van der Waals surface area contributed by atoms with Gasteiger partial charge in [-0.3, -0.25) is 4.79 Å². The number of nitrogens with zero attached hydrogens (tertiary/aromatic N) is 2.